The van der Waals surface area contributed by atoms with Crippen LogP contribution in [0.4, 0.5) is 10.5 Å². The molecule has 0 atom stereocenters. The maximum absolute atomic E-state index is 12.6. The number of amides is 2. The Morgan fingerprint density at radius 1 is 1.19 bits per heavy atom. The molecule has 2 amide bonds. The molecule has 1 aliphatic heterocycles. The number of carbonyl (C=O) groups excluding carboxylic acids is 2. The first-order chi connectivity index (χ1) is 12.7. The van der Waals surface area contributed by atoms with Gasteiger partial charge in [-0.2, -0.15) is 0 Å². The van der Waals surface area contributed by atoms with Gasteiger partial charge in [0.05, 0.1) is 26.2 Å². The fourth-order valence-corrected chi connectivity index (χ4v) is 2.81. The van der Waals surface area contributed by atoms with Gasteiger partial charge in [0.1, 0.15) is 0 Å². The van der Waals surface area contributed by atoms with Crippen molar-refractivity contribution in [3.63, 3.8) is 0 Å². The SMILES string of the molecule is CCOC(=O)CCN(CCCN1CCOCC1)C(=O)Nc1ccccc1. The molecule has 2 rings (SSSR count). The lowest BCUT2D eigenvalue weighted by molar-refractivity contribution is -0.143. The Balaban J connectivity index is 1.84. The number of hydrogen-bond acceptors (Lipinski definition) is 5. The summed E-state index contributed by atoms with van der Waals surface area (Å²) >= 11 is 0. The molecule has 144 valence electrons. The molecule has 0 unspecified atom stereocenters. The first-order valence-electron chi connectivity index (χ1n) is 9.25. The first-order valence-corrected chi connectivity index (χ1v) is 9.25. The normalized spacial score (nSPS) is 14.7. The van der Waals surface area contributed by atoms with Gasteiger partial charge in [-0.3, -0.25) is 9.69 Å². The lowest BCUT2D eigenvalue weighted by Gasteiger charge is -2.28. The van der Waals surface area contributed by atoms with Crippen molar-refractivity contribution >= 4 is 17.7 Å². The van der Waals surface area contributed by atoms with Crippen LogP contribution in [0.2, 0.25) is 0 Å². The Hall–Kier alpha value is -2.12. The summed E-state index contributed by atoms with van der Waals surface area (Å²) in [5, 5.41) is 2.89. The van der Waals surface area contributed by atoms with Crippen LogP contribution in [0, 0.1) is 0 Å². The van der Waals surface area contributed by atoms with Crippen LogP contribution in [0.15, 0.2) is 30.3 Å². The van der Waals surface area contributed by atoms with E-state index < -0.39 is 0 Å². The Labute approximate surface area is 155 Å². The summed E-state index contributed by atoms with van der Waals surface area (Å²) in [7, 11) is 0. The molecule has 1 N–H and O–H groups in total. The van der Waals surface area contributed by atoms with E-state index >= 15 is 0 Å². The molecule has 0 bridgehead atoms. The molecule has 7 heteroatoms. The second-order valence-corrected chi connectivity index (χ2v) is 6.15. The molecule has 1 saturated heterocycles. The molecule has 0 aromatic heterocycles. The van der Waals surface area contributed by atoms with Crippen molar-refractivity contribution in [2.75, 3.05) is 57.9 Å². The average Bonchev–Trinajstić information content (AvgIpc) is 2.66. The quantitative estimate of drug-likeness (QED) is 0.681. The van der Waals surface area contributed by atoms with Crippen molar-refractivity contribution in [2.24, 2.45) is 0 Å². The Morgan fingerprint density at radius 3 is 2.62 bits per heavy atom. The largest absolute Gasteiger partial charge is 0.466 e. The number of morpholine rings is 1. The van der Waals surface area contributed by atoms with Gasteiger partial charge in [-0.15, -0.1) is 0 Å². The Kier molecular flexibility index (Phi) is 8.92. The highest BCUT2D eigenvalue weighted by molar-refractivity contribution is 5.89. The zero-order valence-corrected chi connectivity index (χ0v) is 15.5. The van der Waals surface area contributed by atoms with E-state index in [1.54, 1.807) is 11.8 Å². The number of ether oxygens (including phenoxy) is 2. The topological polar surface area (TPSA) is 71.1 Å². The van der Waals surface area contributed by atoms with Crippen molar-refractivity contribution in [1.29, 1.82) is 0 Å². The van der Waals surface area contributed by atoms with Crippen LogP contribution in [0.3, 0.4) is 0 Å². The molecule has 1 aromatic carbocycles. The number of nitrogens with zero attached hydrogens (tertiary/aromatic N) is 2. The molecule has 0 aliphatic carbocycles. The van der Waals surface area contributed by atoms with E-state index in [9.17, 15) is 9.59 Å². The van der Waals surface area contributed by atoms with Crippen molar-refractivity contribution in [1.82, 2.24) is 9.80 Å². The molecule has 0 saturated carbocycles. The van der Waals surface area contributed by atoms with Crippen molar-refractivity contribution in [2.45, 2.75) is 19.8 Å². The lowest BCUT2D eigenvalue weighted by atomic mass is 10.3. The van der Waals surface area contributed by atoms with Crippen LogP contribution in [0.25, 0.3) is 0 Å². The molecule has 1 aromatic rings. The molecular formula is C19H29N3O4. The average molecular weight is 363 g/mol. The fraction of sp³-hybridized carbons (Fsp3) is 0.579. The maximum Gasteiger partial charge on any atom is 0.321 e. The van der Waals surface area contributed by atoms with Crippen LogP contribution >= 0.6 is 0 Å². The summed E-state index contributed by atoms with van der Waals surface area (Å²) in [6.07, 6.45) is 1.05. The number of anilines is 1. The molecule has 0 spiro atoms. The van der Waals surface area contributed by atoms with Crippen molar-refractivity contribution in [3.05, 3.63) is 30.3 Å². The van der Waals surface area contributed by atoms with Gasteiger partial charge in [-0.1, -0.05) is 18.2 Å². The number of rotatable bonds is 9. The van der Waals surface area contributed by atoms with Crippen LogP contribution in [-0.4, -0.2) is 74.3 Å². The molecule has 0 radical (unpaired) electrons. The minimum absolute atomic E-state index is 0.192. The summed E-state index contributed by atoms with van der Waals surface area (Å²) in [5.74, 6) is -0.279. The van der Waals surface area contributed by atoms with Crippen LogP contribution < -0.4 is 5.32 Å². The summed E-state index contributed by atoms with van der Waals surface area (Å²) in [6, 6.07) is 9.14. The molecule has 26 heavy (non-hydrogen) atoms. The fourth-order valence-electron chi connectivity index (χ4n) is 2.81. The van der Waals surface area contributed by atoms with E-state index in [0.717, 1.165) is 45.0 Å². The lowest BCUT2D eigenvalue weighted by Crippen LogP contribution is -2.41. The third-order valence-electron chi connectivity index (χ3n) is 4.21. The third-order valence-corrected chi connectivity index (χ3v) is 4.21. The number of para-hydroxylation sites is 1. The Bertz CT molecular complexity index is 547. The highest BCUT2D eigenvalue weighted by Gasteiger charge is 2.17. The highest BCUT2D eigenvalue weighted by atomic mass is 16.5. The van der Waals surface area contributed by atoms with E-state index in [1.165, 1.54) is 0 Å². The molecule has 1 aliphatic rings. The standard InChI is InChI=1S/C19H29N3O4/c1-2-26-18(23)9-12-22(11-6-10-21-13-15-25-16-14-21)19(24)20-17-7-4-3-5-8-17/h3-5,7-8H,2,6,9-16H2,1H3,(H,20,24). The maximum atomic E-state index is 12.6. The molecule has 1 fully saturated rings. The van der Waals surface area contributed by atoms with Crippen molar-refractivity contribution in [3.8, 4) is 0 Å². The zero-order chi connectivity index (χ0) is 18.6. The predicted molar refractivity (Wildman–Crippen MR) is 100 cm³/mol. The smallest absolute Gasteiger partial charge is 0.321 e. The highest BCUT2D eigenvalue weighted by Crippen LogP contribution is 2.08. The molecular weight excluding hydrogens is 334 g/mol. The van der Waals surface area contributed by atoms with E-state index in [2.05, 4.69) is 10.2 Å². The van der Waals surface area contributed by atoms with E-state index in [0.29, 0.717) is 19.7 Å². The predicted octanol–water partition coefficient (Wildman–Crippen LogP) is 2.20. The number of esters is 1. The summed E-state index contributed by atoms with van der Waals surface area (Å²) in [5.41, 5.74) is 0.742. The Morgan fingerprint density at radius 2 is 1.92 bits per heavy atom. The van der Waals surface area contributed by atoms with Gasteiger partial charge in [0.2, 0.25) is 0 Å². The van der Waals surface area contributed by atoms with Crippen LogP contribution in [0.5, 0.6) is 0 Å². The zero-order valence-electron chi connectivity index (χ0n) is 15.5. The summed E-state index contributed by atoms with van der Waals surface area (Å²) in [4.78, 5) is 28.3. The number of urea groups is 1. The summed E-state index contributed by atoms with van der Waals surface area (Å²) < 4.78 is 10.3. The second kappa shape index (κ2) is 11.5. The number of nitrogens with one attached hydrogen (secondary N) is 1. The minimum Gasteiger partial charge on any atom is -0.466 e. The van der Waals surface area contributed by atoms with Crippen LogP contribution in [0.1, 0.15) is 19.8 Å². The third kappa shape index (κ3) is 7.41. The van der Waals surface area contributed by atoms with E-state index in [1.807, 2.05) is 30.3 Å². The number of benzene rings is 1. The van der Waals surface area contributed by atoms with Crippen molar-refractivity contribution < 1.29 is 19.1 Å². The van der Waals surface area contributed by atoms with E-state index in [-0.39, 0.29) is 18.4 Å². The minimum atomic E-state index is -0.279. The number of hydrogen-bond donors (Lipinski definition) is 1. The van der Waals surface area contributed by atoms with Gasteiger partial charge in [0, 0.05) is 38.4 Å². The van der Waals surface area contributed by atoms with Gasteiger partial charge in [0.25, 0.3) is 0 Å². The van der Waals surface area contributed by atoms with Gasteiger partial charge >= 0.3 is 12.0 Å². The molecule has 1 heterocycles. The number of carbonyl (C=O) groups is 2. The second-order valence-electron chi connectivity index (χ2n) is 6.15. The van der Waals surface area contributed by atoms with Gasteiger partial charge in [-0.25, -0.2) is 4.79 Å². The van der Waals surface area contributed by atoms with Gasteiger partial charge in [-0.05, 0) is 25.5 Å². The molecule has 7 nitrogen and oxygen atoms in total. The van der Waals surface area contributed by atoms with E-state index in [4.69, 9.17) is 9.47 Å². The van der Waals surface area contributed by atoms with Gasteiger partial charge < -0.3 is 19.7 Å². The van der Waals surface area contributed by atoms with Crippen LogP contribution in [-0.2, 0) is 14.3 Å². The first kappa shape index (κ1) is 20.2. The van der Waals surface area contributed by atoms with Gasteiger partial charge in [0.15, 0.2) is 0 Å². The monoisotopic (exact) mass is 363 g/mol. The summed E-state index contributed by atoms with van der Waals surface area (Å²) in [6.45, 7) is 7.38.